The number of rotatable bonds is 5. The molecule has 1 N–H and O–H groups in total. The second-order valence-electron chi connectivity index (χ2n) is 10.3. The summed E-state index contributed by atoms with van der Waals surface area (Å²) < 4.78 is 45.5. The van der Waals surface area contributed by atoms with Crippen molar-refractivity contribution in [1.82, 2.24) is 14.5 Å². The molecule has 0 radical (unpaired) electrons. The lowest BCUT2D eigenvalue weighted by Crippen LogP contribution is -2.20. The van der Waals surface area contributed by atoms with E-state index in [0.29, 0.717) is 24.2 Å². The zero-order chi connectivity index (χ0) is 27.7. The molecule has 1 aliphatic heterocycles. The number of anilines is 2. The highest BCUT2D eigenvalue weighted by atomic mass is 19.4. The Bertz CT molecular complexity index is 1650. The van der Waals surface area contributed by atoms with Crippen molar-refractivity contribution in [2.75, 3.05) is 5.32 Å². The molecule has 0 atom stereocenters. The molecule has 1 fully saturated rings. The maximum absolute atomic E-state index is 13.1. The van der Waals surface area contributed by atoms with E-state index >= 15 is 0 Å². The maximum atomic E-state index is 13.1. The molecule has 0 bridgehead atoms. The molecule has 0 spiro atoms. The third kappa shape index (κ3) is 5.59. The van der Waals surface area contributed by atoms with Gasteiger partial charge in [-0.2, -0.15) is 0 Å². The van der Waals surface area contributed by atoms with Gasteiger partial charge in [-0.15, -0.1) is 13.2 Å². The Balaban J connectivity index is 1.58. The fourth-order valence-electron chi connectivity index (χ4n) is 5.57. The first-order valence-corrected chi connectivity index (χ1v) is 13.7. The van der Waals surface area contributed by atoms with Gasteiger partial charge in [0.2, 0.25) is 0 Å². The van der Waals surface area contributed by atoms with Crippen LogP contribution in [-0.2, 0) is 4.74 Å². The van der Waals surface area contributed by atoms with Crippen LogP contribution < -0.4 is 10.7 Å². The Morgan fingerprint density at radius 3 is 2.65 bits per heavy atom. The van der Waals surface area contributed by atoms with Crippen LogP contribution in [0.5, 0.6) is 0 Å². The number of nitrogens with one attached hydrogen (secondary N) is 1. The number of hydrogen-bond donors (Lipinski definition) is 1. The van der Waals surface area contributed by atoms with Gasteiger partial charge >= 0.3 is 6.36 Å². The quantitative estimate of drug-likeness (QED) is 0.259. The molecule has 0 unspecified atom stereocenters. The van der Waals surface area contributed by atoms with E-state index in [1.165, 1.54) is 18.6 Å². The zero-order valence-corrected chi connectivity index (χ0v) is 22.2. The largest absolute Gasteiger partial charge is 0.573 e. The van der Waals surface area contributed by atoms with Gasteiger partial charge in [0.15, 0.2) is 0 Å². The van der Waals surface area contributed by atoms with Gasteiger partial charge in [0.1, 0.15) is 5.76 Å². The number of fused-ring (bicyclic) bond motifs is 2. The Hall–Kier alpha value is -4.14. The van der Waals surface area contributed by atoms with Crippen molar-refractivity contribution < 1.29 is 17.9 Å². The highest BCUT2D eigenvalue weighted by molar-refractivity contribution is 5.86. The van der Waals surface area contributed by atoms with Gasteiger partial charge in [0, 0.05) is 18.0 Å². The number of allylic oxidation sites excluding steroid dienone is 3. The van der Waals surface area contributed by atoms with Crippen LogP contribution in [-0.4, -0.2) is 26.9 Å². The molecule has 0 saturated heterocycles. The van der Waals surface area contributed by atoms with Gasteiger partial charge in [-0.1, -0.05) is 31.4 Å². The Morgan fingerprint density at radius 2 is 1.85 bits per heavy atom. The van der Waals surface area contributed by atoms with Crippen molar-refractivity contribution in [2.45, 2.75) is 64.3 Å². The Morgan fingerprint density at radius 1 is 1.02 bits per heavy atom. The number of alkyl halides is 3. The summed E-state index contributed by atoms with van der Waals surface area (Å²) in [7, 11) is 0. The van der Waals surface area contributed by atoms with E-state index in [2.05, 4.69) is 15.0 Å². The van der Waals surface area contributed by atoms with E-state index in [9.17, 15) is 13.2 Å². The van der Waals surface area contributed by atoms with E-state index in [4.69, 9.17) is 9.98 Å². The standard InChI is InChI=1S/C31H30F3N5O/c1-20-24(14-8-16-35-20)37-26-18-28-30(19-27(26)36-21-9-3-2-4-10-21)39(29-15-6-5-13-25(29)38-28)22-11-7-12-23(17-22)40-31(32,33)34/h5-6,8,12-19,21,37H,2-4,7,9-11H2,1H3. The first-order chi connectivity index (χ1) is 19.3. The molecule has 2 aromatic rings. The first kappa shape index (κ1) is 26.1. The molecule has 6 nitrogen and oxygen atoms in total. The molecule has 9 heteroatoms. The van der Waals surface area contributed by atoms with Crippen molar-refractivity contribution in [3.63, 3.8) is 0 Å². The monoisotopic (exact) mass is 545 g/mol. The second-order valence-corrected chi connectivity index (χ2v) is 10.3. The van der Waals surface area contributed by atoms with Crippen LogP contribution in [0.25, 0.3) is 28.1 Å². The number of ether oxygens (including phenoxy) is 1. The summed E-state index contributed by atoms with van der Waals surface area (Å²) in [5.74, 6) is -0.201. The summed E-state index contributed by atoms with van der Waals surface area (Å²) in [5, 5.41) is 4.33. The van der Waals surface area contributed by atoms with Crippen molar-refractivity contribution >= 4 is 28.1 Å². The van der Waals surface area contributed by atoms with Crippen LogP contribution in [0.15, 0.2) is 77.6 Å². The number of halogens is 3. The van der Waals surface area contributed by atoms with Crippen LogP contribution in [0.2, 0.25) is 0 Å². The minimum Gasteiger partial charge on any atom is -0.406 e. The topological polar surface area (TPSA) is 64.3 Å². The molecular formula is C31H30F3N5O. The normalized spacial score (nSPS) is 17.1. The van der Waals surface area contributed by atoms with Crippen molar-refractivity contribution in [3.05, 3.63) is 83.7 Å². The summed E-state index contributed by atoms with van der Waals surface area (Å²) >= 11 is 0. The molecule has 3 aliphatic carbocycles. The number of pyridine rings is 1. The van der Waals surface area contributed by atoms with Gasteiger partial charge in [0.25, 0.3) is 0 Å². The summed E-state index contributed by atoms with van der Waals surface area (Å²) in [4.78, 5) is 14.6. The molecule has 1 aromatic heterocycles. The number of aromatic nitrogens is 3. The zero-order valence-electron chi connectivity index (χ0n) is 22.2. The van der Waals surface area contributed by atoms with Gasteiger partial charge in [-0.05, 0) is 75.1 Å². The van der Waals surface area contributed by atoms with Crippen LogP contribution in [0, 0.1) is 6.92 Å². The number of para-hydroxylation sites is 2. The maximum Gasteiger partial charge on any atom is 0.573 e. The average Bonchev–Trinajstić information content (AvgIpc) is 2.93. The molecule has 40 heavy (non-hydrogen) atoms. The lowest BCUT2D eigenvalue weighted by atomic mass is 9.96. The minimum absolute atomic E-state index is 0.201. The van der Waals surface area contributed by atoms with Gasteiger partial charge in [-0.3, -0.25) is 9.98 Å². The molecule has 2 heterocycles. The van der Waals surface area contributed by atoms with Gasteiger partial charge in [-0.25, -0.2) is 4.98 Å². The van der Waals surface area contributed by atoms with Crippen molar-refractivity contribution in [3.8, 4) is 11.4 Å². The lowest BCUT2D eigenvalue weighted by molar-refractivity contribution is -0.303. The summed E-state index contributed by atoms with van der Waals surface area (Å²) in [6.45, 7) is 1.95. The molecule has 6 rings (SSSR count). The average molecular weight is 546 g/mol. The molecule has 1 saturated carbocycles. The smallest absolute Gasteiger partial charge is 0.406 e. The third-order valence-electron chi connectivity index (χ3n) is 7.45. The molecular weight excluding hydrogens is 515 g/mol. The van der Waals surface area contributed by atoms with Crippen LogP contribution in [0.1, 0.15) is 50.6 Å². The molecule has 1 aromatic carbocycles. The lowest BCUT2D eigenvalue weighted by Gasteiger charge is -2.25. The fraction of sp³-hybridized carbons (Fsp3) is 0.323. The summed E-state index contributed by atoms with van der Waals surface area (Å²) in [6.07, 6.45) is 6.55. The van der Waals surface area contributed by atoms with E-state index in [1.54, 1.807) is 6.20 Å². The van der Waals surface area contributed by atoms with Gasteiger partial charge in [0.05, 0.1) is 50.9 Å². The highest BCUT2D eigenvalue weighted by Crippen LogP contribution is 2.35. The first-order valence-electron chi connectivity index (χ1n) is 13.7. The molecule has 0 amide bonds. The number of aryl methyl sites for hydroxylation is 1. The number of benzene rings is 2. The fourth-order valence-corrected chi connectivity index (χ4v) is 5.57. The third-order valence-corrected chi connectivity index (χ3v) is 7.45. The van der Waals surface area contributed by atoms with Crippen LogP contribution in [0.4, 0.5) is 24.5 Å². The summed E-state index contributed by atoms with van der Waals surface area (Å²) in [5.41, 5.74) is 6.31. The predicted molar refractivity (Wildman–Crippen MR) is 150 cm³/mol. The van der Waals surface area contributed by atoms with Crippen LogP contribution in [0.3, 0.4) is 0 Å². The van der Waals surface area contributed by atoms with Crippen molar-refractivity contribution in [1.29, 1.82) is 0 Å². The van der Waals surface area contributed by atoms with Gasteiger partial charge < -0.3 is 14.6 Å². The number of nitrogens with zero attached hydrogens (tertiary/aromatic N) is 4. The SMILES string of the molecule is Cc1ncccc1Nc1cc2nc3ccccc3n(C3=CC(OC(F)(F)F)=CCC3)c-2cc1=NC1CCCCC1. The predicted octanol–water partition coefficient (Wildman–Crippen LogP) is 7.88. The number of hydrogen-bond acceptors (Lipinski definition) is 5. The van der Waals surface area contributed by atoms with Crippen LogP contribution >= 0.6 is 0 Å². The van der Waals surface area contributed by atoms with E-state index in [-0.39, 0.29) is 11.8 Å². The molecule has 206 valence electrons. The van der Waals surface area contributed by atoms with E-state index in [0.717, 1.165) is 64.8 Å². The minimum atomic E-state index is -4.76. The Labute approximate surface area is 230 Å². The Kier molecular flexibility index (Phi) is 7.04. The van der Waals surface area contributed by atoms with E-state index in [1.807, 2.05) is 60.0 Å². The summed E-state index contributed by atoms with van der Waals surface area (Å²) in [6, 6.07) is 15.7. The van der Waals surface area contributed by atoms with E-state index < -0.39 is 6.36 Å². The highest BCUT2D eigenvalue weighted by Gasteiger charge is 2.32. The second kappa shape index (κ2) is 10.8. The van der Waals surface area contributed by atoms with Crippen molar-refractivity contribution in [2.24, 2.45) is 4.99 Å². The molecule has 4 aliphatic rings.